The van der Waals surface area contributed by atoms with E-state index in [2.05, 4.69) is 39.5 Å². The van der Waals surface area contributed by atoms with E-state index in [9.17, 15) is 0 Å². The molecule has 0 fully saturated rings. The van der Waals surface area contributed by atoms with E-state index in [-0.39, 0.29) is 4.83 Å². The Hall–Kier alpha value is -0.800. The third kappa shape index (κ3) is 2.59. The zero-order chi connectivity index (χ0) is 13.2. The summed E-state index contributed by atoms with van der Waals surface area (Å²) in [5, 5.41) is 2.08. The molecule has 1 atom stereocenters. The van der Waals surface area contributed by atoms with Crippen LogP contribution in [0.3, 0.4) is 0 Å². The summed E-state index contributed by atoms with van der Waals surface area (Å²) in [6.45, 7) is 0. The third-order valence-electron chi connectivity index (χ3n) is 3.77. The molecule has 19 heavy (non-hydrogen) atoms. The number of ether oxygens (including phenoxy) is 1. The summed E-state index contributed by atoms with van der Waals surface area (Å²) in [6, 6.07) is 8.96. The lowest BCUT2D eigenvalue weighted by Gasteiger charge is -2.18. The molecule has 0 bridgehead atoms. The molecule has 1 aliphatic carbocycles. The van der Waals surface area contributed by atoms with Gasteiger partial charge in [-0.3, -0.25) is 0 Å². The number of aryl methyl sites for hydroxylation is 2. The van der Waals surface area contributed by atoms with Crippen LogP contribution in [0.1, 0.15) is 39.2 Å². The van der Waals surface area contributed by atoms with Crippen molar-refractivity contribution in [2.75, 3.05) is 7.11 Å². The van der Waals surface area contributed by atoms with Gasteiger partial charge in [0, 0.05) is 0 Å². The molecule has 0 N–H and O–H groups in total. The lowest BCUT2D eigenvalue weighted by molar-refractivity contribution is 0.413. The number of hydrogen-bond acceptors (Lipinski definition) is 2. The van der Waals surface area contributed by atoms with Gasteiger partial charge in [0.2, 0.25) is 0 Å². The number of alkyl halides is 1. The van der Waals surface area contributed by atoms with Crippen molar-refractivity contribution in [3.8, 4) is 5.75 Å². The summed E-state index contributed by atoms with van der Waals surface area (Å²) in [5.41, 5.74) is 4.40. The number of rotatable bonds is 3. The van der Waals surface area contributed by atoms with Gasteiger partial charge in [-0.15, -0.1) is 11.3 Å². The summed E-state index contributed by atoms with van der Waals surface area (Å²) >= 11 is 5.57. The van der Waals surface area contributed by atoms with E-state index in [1.807, 2.05) is 6.07 Å². The Kier molecular flexibility index (Phi) is 3.94. The standard InChI is InChI=1S/C16H17BrOS/c1-18-14-8-9-19-16(14)15(17)13-7-6-11-4-2-3-5-12(11)10-13/h6-10,15H,2-5H2,1H3. The molecular formula is C16H17BrOS. The van der Waals surface area contributed by atoms with E-state index >= 15 is 0 Å². The van der Waals surface area contributed by atoms with Gasteiger partial charge >= 0.3 is 0 Å². The second kappa shape index (κ2) is 5.68. The van der Waals surface area contributed by atoms with Gasteiger partial charge in [-0.1, -0.05) is 34.1 Å². The van der Waals surface area contributed by atoms with Crippen molar-refractivity contribution in [2.24, 2.45) is 0 Å². The molecule has 1 unspecified atom stereocenters. The predicted octanol–water partition coefficient (Wildman–Crippen LogP) is 5.12. The quantitative estimate of drug-likeness (QED) is 0.707. The zero-order valence-electron chi connectivity index (χ0n) is 11.0. The summed E-state index contributed by atoms with van der Waals surface area (Å²) in [4.78, 5) is 1.48. The first-order valence-corrected chi connectivity index (χ1v) is 8.46. The second-order valence-electron chi connectivity index (χ2n) is 4.95. The number of fused-ring (bicyclic) bond motifs is 1. The fraction of sp³-hybridized carbons (Fsp3) is 0.375. The molecular weight excluding hydrogens is 320 g/mol. The van der Waals surface area contributed by atoms with Crippen LogP contribution in [-0.2, 0) is 12.8 Å². The van der Waals surface area contributed by atoms with Gasteiger partial charge in [-0.05, 0) is 53.8 Å². The maximum absolute atomic E-state index is 5.42. The van der Waals surface area contributed by atoms with E-state index in [0.717, 1.165) is 5.75 Å². The first kappa shape index (κ1) is 13.2. The van der Waals surface area contributed by atoms with Crippen molar-refractivity contribution in [2.45, 2.75) is 30.5 Å². The van der Waals surface area contributed by atoms with Crippen LogP contribution >= 0.6 is 27.3 Å². The van der Waals surface area contributed by atoms with Crippen molar-refractivity contribution >= 4 is 27.3 Å². The van der Waals surface area contributed by atoms with Gasteiger partial charge in [-0.25, -0.2) is 0 Å². The van der Waals surface area contributed by atoms with Crippen LogP contribution in [0.4, 0.5) is 0 Å². The Morgan fingerprint density at radius 1 is 1.16 bits per heavy atom. The van der Waals surface area contributed by atoms with E-state index in [1.165, 1.54) is 47.3 Å². The molecule has 0 saturated heterocycles. The number of methoxy groups -OCH3 is 1. The first-order chi connectivity index (χ1) is 9.29. The Balaban J connectivity index is 1.93. The Morgan fingerprint density at radius 2 is 1.95 bits per heavy atom. The molecule has 0 aliphatic heterocycles. The summed E-state index contributed by atoms with van der Waals surface area (Å²) < 4.78 is 5.42. The van der Waals surface area contributed by atoms with E-state index < -0.39 is 0 Å². The molecule has 1 aliphatic rings. The molecule has 0 spiro atoms. The van der Waals surface area contributed by atoms with Crippen molar-refractivity contribution < 1.29 is 4.74 Å². The van der Waals surface area contributed by atoms with Crippen LogP contribution in [-0.4, -0.2) is 7.11 Å². The smallest absolute Gasteiger partial charge is 0.134 e. The number of benzene rings is 1. The third-order valence-corrected chi connectivity index (χ3v) is 6.03. The molecule has 1 nitrogen and oxygen atoms in total. The number of halogens is 1. The molecule has 0 radical (unpaired) electrons. The van der Waals surface area contributed by atoms with Crippen molar-refractivity contribution in [3.63, 3.8) is 0 Å². The Bertz CT molecular complexity index is 576. The van der Waals surface area contributed by atoms with E-state index in [4.69, 9.17) is 4.74 Å². The van der Waals surface area contributed by atoms with Crippen LogP contribution in [0.15, 0.2) is 29.6 Å². The van der Waals surface area contributed by atoms with Crippen molar-refractivity contribution in [3.05, 3.63) is 51.2 Å². The predicted molar refractivity (Wildman–Crippen MR) is 84.7 cm³/mol. The van der Waals surface area contributed by atoms with Gasteiger partial charge in [0.25, 0.3) is 0 Å². The fourth-order valence-electron chi connectivity index (χ4n) is 2.72. The topological polar surface area (TPSA) is 9.23 Å². The molecule has 0 saturated carbocycles. The lowest BCUT2D eigenvalue weighted by Crippen LogP contribution is -2.04. The second-order valence-corrected chi connectivity index (χ2v) is 6.81. The van der Waals surface area contributed by atoms with Gasteiger partial charge in [0.05, 0.1) is 16.8 Å². The van der Waals surface area contributed by atoms with E-state index in [0.29, 0.717) is 0 Å². The highest BCUT2D eigenvalue weighted by molar-refractivity contribution is 9.09. The molecule has 3 rings (SSSR count). The Labute approximate surface area is 126 Å². The van der Waals surface area contributed by atoms with Gasteiger partial charge < -0.3 is 4.74 Å². The highest BCUT2D eigenvalue weighted by atomic mass is 79.9. The van der Waals surface area contributed by atoms with Crippen LogP contribution < -0.4 is 4.74 Å². The normalized spacial score (nSPS) is 15.9. The lowest BCUT2D eigenvalue weighted by atomic mass is 9.90. The summed E-state index contributed by atoms with van der Waals surface area (Å²) in [6.07, 6.45) is 5.13. The van der Waals surface area contributed by atoms with Gasteiger partial charge in [0.1, 0.15) is 5.75 Å². The molecule has 1 aromatic carbocycles. The monoisotopic (exact) mass is 336 g/mol. The maximum Gasteiger partial charge on any atom is 0.134 e. The maximum atomic E-state index is 5.42. The summed E-state index contributed by atoms with van der Waals surface area (Å²) in [5.74, 6) is 0.976. The highest BCUT2D eigenvalue weighted by Gasteiger charge is 2.18. The fourth-order valence-corrected chi connectivity index (χ4v) is 4.42. The molecule has 3 heteroatoms. The Morgan fingerprint density at radius 3 is 2.74 bits per heavy atom. The van der Waals surface area contributed by atoms with Crippen LogP contribution in [0.2, 0.25) is 0 Å². The summed E-state index contributed by atoms with van der Waals surface area (Å²) in [7, 11) is 1.73. The average molecular weight is 337 g/mol. The minimum Gasteiger partial charge on any atom is -0.496 e. The minimum atomic E-state index is 0.231. The largest absolute Gasteiger partial charge is 0.496 e. The first-order valence-electron chi connectivity index (χ1n) is 6.66. The van der Waals surface area contributed by atoms with Gasteiger partial charge in [0.15, 0.2) is 0 Å². The molecule has 2 aromatic rings. The van der Waals surface area contributed by atoms with Crippen LogP contribution in [0, 0.1) is 0 Å². The molecule has 0 amide bonds. The van der Waals surface area contributed by atoms with Crippen LogP contribution in [0.5, 0.6) is 5.75 Å². The SMILES string of the molecule is COc1ccsc1C(Br)c1ccc2c(c1)CCCC2. The van der Waals surface area contributed by atoms with E-state index in [1.54, 1.807) is 18.4 Å². The zero-order valence-corrected chi connectivity index (χ0v) is 13.4. The average Bonchev–Trinajstić information content (AvgIpc) is 2.94. The minimum absolute atomic E-state index is 0.231. The van der Waals surface area contributed by atoms with Crippen LogP contribution in [0.25, 0.3) is 0 Å². The van der Waals surface area contributed by atoms with Crippen molar-refractivity contribution in [1.29, 1.82) is 0 Å². The number of thiophene rings is 1. The molecule has 100 valence electrons. The van der Waals surface area contributed by atoms with Gasteiger partial charge in [-0.2, -0.15) is 0 Å². The molecule has 1 heterocycles. The molecule has 1 aromatic heterocycles. The van der Waals surface area contributed by atoms with Crippen molar-refractivity contribution in [1.82, 2.24) is 0 Å². The highest BCUT2D eigenvalue weighted by Crippen LogP contribution is 2.41. The number of hydrogen-bond donors (Lipinski definition) is 0.